The number of hydrogen-bond donors (Lipinski definition) is 0. The molecule has 1 fully saturated rings. The van der Waals surface area contributed by atoms with Gasteiger partial charge in [0, 0.05) is 38.1 Å². The minimum atomic E-state index is 0.480. The number of nitrogens with zero attached hydrogens (tertiary/aromatic N) is 6. The Hall–Kier alpha value is -2.73. The van der Waals surface area contributed by atoms with E-state index >= 15 is 0 Å². The maximum atomic E-state index is 4.71. The lowest BCUT2D eigenvalue weighted by atomic mass is 10.2. The summed E-state index contributed by atoms with van der Waals surface area (Å²) in [5.74, 6) is 0.983. The lowest BCUT2D eigenvalue weighted by Gasteiger charge is -2.28. The Morgan fingerprint density at radius 3 is 2.81 bits per heavy atom. The van der Waals surface area contributed by atoms with E-state index in [0.717, 1.165) is 36.8 Å². The van der Waals surface area contributed by atoms with Crippen molar-refractivity contribution in [3.63, 3.8) is 0 Å². The van der Waals surface area contributed by atoms with Crippen molar-refractivity contribution in [3.05, 3.63) is 66.6 Å². The first-order valence-corrected chi connectivity index (χ1v) is 9.12. The third-order valence-corrected chi connectivity index (χ3v) is 4.85. The number of aromatic nitrogens is 4. The van der Waals surface area contributed by atoms with E-state index in [9.17, 15) is 0 Å². The molecule has 1 saturated heterocycles. The summed E-state index contributed by atoms with van der Waals surface area (Å²) in [4.78, 5) is 4.73. The van der Waals surface area contributed by atoms with Gasteiger partial charge in [0.25, 0.3) is 0 Å². The van der Waals surface area contributed by atoms with Gasteiger partial charge in [-0.2, -0.15) is 10.2 Å². The molecular formula is C20H24N6. The lowest BCUT2D eigenvalue weighted by molar-refractivity contribution is 0.299. The zero-order valence-electron chi connectivity index (χ0n) is 15.1. The van der Waals surface area contributed by atoms with E-state index < -0.39 is 0 Å². The number of anilines is 1. The smallest absolute Gasteiger partial charge is 0.151 e. The van der Waals surface area contributed by atoms with Crippen LogP contribution in [0.25, 0.3) is 5.69 Å². The summed E-state index contributed by atoms with van der Waals surface area (Å²) < 4.78 is 1.94. The molecule has 0 saturated carbocycles. The largest absolute Gasteiger partial charge is 0.351 e. The average molecular weight is 348 g/mol. The SMILES string of the molecule is CN(Cc1ccn(-c2ccccc2)n1)C[C@H]1CCCN1c1cccnn1. The molecule has 0 aliphatic carbocycles. The Bertz CT molecular complexity index is 817. The molecule has 0 unspecified atom stereocenters. The predicted octanol–water partition coefficient (Wildman–Crippen LogP) is 2.76. The van der Waals surface area contributed by atoms with Crippen LogP contribution in [0, 0.1) is 0 Å². The van der Waals surface area contributed by atoms with Gasteiger partial charge < -0.3 is 4.90 Å². The van der Waals surface area contributed by atoms with Gasteiger partial charge in [0.1, 0.15) is 0 Å². The van der Waals surface area contributed by atoms with Gasteiger partial charge in [-0.1, -0.05) is 18.2 Å². The molecule has 134 valence electrons. The molecule has 0 spiro atoms. The van der Waals surface area contributed by atoms with Crippen LogP contribution in [-0.4, -0.2) is 51.1 Å². The molecule has 3 aromatic rings. The van der Waals surface area contributed by atoms with E-state index in [4.69, 9.17) is 5.10 Å². The fourth-order valence-electron chi connectivity index (χ4n) is 3.65. The highest BCUT2D eigenvalue weighted by Gasteiger charge is 2.26. The molecule has 1 aliphatic rings. The second kappa shape index (κ2) is 7.66. The number of benzene rings is 1. The van der Waals surface area contributed by atoms with E-state index in [1.807, 2.05) is 41.2 Å². The molecule has 1 atom stereocenters. The van der Waals surface area contributed by atoms with Gasteiger partial charge in [0.05, 0.1) is 11.4 Å². The zero-order valence-corrected chi connectivity index (χ0v) is 15.1. The van der Waals surface area contributed by atoms with Crippen molar-refractivity contribution in [2.45, 2.75) is 25.4 Å². The molecule has 6 heteroatoms. The van der Waals surface area contributed by atoms with Crippen molar-refractivity contribution < 1.29 is 0 Å². The lowest BCUT2D eigenvalue weighted by Crippen LogP contribution is -2.39. The number of hydrogen-bond acceptors (Lipinski definition) is 5. The summed E-state index contributed by atoms with van der Waals surface area (Å²) in [7, 11) is 2.16. The van der Waals surface area contributed by atoms with E-state index in [-0.39, 0.29) is 0 Å². The Balaban J connectivity index is 1.38. The molecule has 0 radical (unpaired) electrons. The standard InChI is InChI=1S/C20H24N6/c1-24(15-17-11-14-26(23-17)18-7-3-2-4-8-18)16-19-9-6-13-25(19)20-10-5-12-21-22-20/h2-5,7-8,10-12,14,19H,6,9,13,15-16H2,1H3/t19-/m1/s1. The summed E-state index contributed by atoms with van der Waals surface area (Å²) >= 11 is 0. The molecule has 6 nitrogen and oxygen atoms in total. The molecular weight excluding hydrogens is 324 g/mol. The highest BCUT2D eigenvalue weighted by Crippen LogP contribution is 2.23. The van der Waals surface area contributed by atoms with Crippen LogP contribution in [-0.2, 0) is 6.54 Å². The third-order valence-electron chi connectivity index (χ3n) is 4.85. The maximum Gasteiger partial charge on any atom is 0.151 e. The van der Waals surface area contributed by atoms with E-state index in [1.165, 1.54) is 12.8 Å². The van der Waals surface area contributed by atoms with Gasteiger partial charge in [-0.15, -0.1) is 5.10 Å². The third kappa shape index (κ3) is 3.75. The fraction of sp³-hybridized carbons (Fsp3) is 0.350. The molecule has 3 heterocycles. The fourth-order valence-corrected chi connectivity index (χ4v) is 3.65. The van der Waals surface area contributed by atoms with E-state index in [0.29, 0.717) is 6.04 Å². The first-order chi connectivity index (χ1) is 12.8. The first-order valence-electron chi connectivity index (χ1n) is 9.12. The van der Waals surface area contributed by atoms with Crippen molar-refractivity contribution in [2.75, 3.05) is 25.0 Å². The topological polar surface area (TPSA) is 50.1 Å². The van der Waals surface area contributed by atoms with Gasteiger partial charge in [0.15, 0.2) is 5.82 Å². The van der Waals surface area contributed by atoms with Crippen molar-refractivity contribution in [2.24, 2.45) is 0 Å². The van der Waals surface area contributed by atoms with Crippen LogP contribution in [0.15, 0.2) is 60.9 Å². The summed E-state index contributed by atoms with van der Waals surface area (Å²) in [6.45, 7) is 2.89. The highest BCUT2D eigenvalue weighted by atomic mass is 15.3. The molecule has 0 N–H and O–H groups in total. The van der Waals surface area contributed by atoms with Gasteiger partial charge in [-0.3, -0.25) is 4.90 Å². The second-order valence-electron chi connectivity index (χ2n) is 6.86. The maximum absolute atomic E-state index is 4.71. The van der Waals surface area contributed by atoms with Crippen LogP contribution in [0.3, 0.4) is 0 Å². The van der Waals surface area contributed by atoms with Crippen LogP contribution in [0.4, 0.5) is 5.82 Å². The van der Waals surface area contributed by atoms with Crippen molar-refractivity contribution in [3.8, 4) is 5.69 Å². The van der Waals surface area contributed by atoms with Gasteiger partial charge in [0.2, 0.25) is 0 Å². The zero-order chi connectivity index (χ0) is 17.8. The summed E-state index contributed by atoms with van der Waals surface area (Å²) in [6, 6.07) is 16.8. The Labute approximate surface area is 154 Å². The van der Waals surface area contributed by atoms with Crippen LogP contribution in [0.2, 0.25) is 0 Å². The van der Waals surface area contributed by atoms with Crippen molar-refractivity contribution >= 4 is 5.82 Å². The van der Waals surface area contributed by atoms with Gasteiger partial charge in [-0.05, 0) is 50.2 Å². The van der Waals surface area contributed by atoms with Crippen LogP contribution in [0.1, 0.15) is 18.5 Å². The van der Waals surface area contributed by atoms with Gasteiger partial charge >= 0.3 is 0 Å². The Morgan fingerprint density at radius 2 is 2.00 bits per heavy atom. The molecule has 26 heavy (non-hydrogen) atoms. The normalized spacial score (nSPS) is 17.2. The quantitative estimate of drug-likeness (QED) is 0.686. The number of rotatable bonds is 6. The molecule has 1 aliphatic heterocycles. The monoisotopic (exact) mass is 348 g/mol. The Morgan fingerprint density at radius 1 is 1.12 bits per heavy atom. The molecule has 0 amide bonds. The molecule has 2 aromatic heterocycles. The number of likely N-dealkylation sites (N-methyl/N-ethyl adjacent to an activating group) is 1. The van der Waals surface area contributed by atoms with Crippen LogP contribution < -0.4 is 4.90 Å². The summed E-state index contributed by atoms with van der Waals surface area (Å²) in [6.07, 6.45) is 6.15. The van der Waals surface area contributed by atoms with Crippen molar-refractivity contribution in [1.82, 2.24) is 24.9 Å². The molecule has 0 bridgehead atoms. The summed E-state index contributed by atoms with van der Waals surface area (Å²) in [5, 5.41) is 13.0. The minimum absolute atomic E-state index is 0.480. The van der Waals surface area contributed by atoms with Crippen molar-refractivity contribution in [1.29, 1.82) is 0 Å². The van der Waals surface area contributed by atoms with Crippen LogP contribution in [0.5, 0.6) is 0 Å². The van der Waals surface area contributed by atoms with Gasteiger partial charge in [-0.25, -0.2) is 4.68 Å². The predicted molar refractivity (Wildman–Crippen MR) is 102 cm³/mol. The second-order valence-corrected chi connectivity index (χ2v) is 6.86. The minimum Gasteiger partial charge on any atom is -0.351 e. The number of para-hydroxylation sites is 1. The average Bonchev–Trinajstić information content (AvgIpc) is 3.33. The Kier molecular flexibility index (Phi) is 4.93. The summed E-state index contributed by atoms with van der Waals surface area (Å²) in [5.41, 5.74) is 2.17. The first kappa shape index (κ1) is 16.7. The highest BCUT2D eigenvalue weighted by molar-refractivity contribution is 5.39. The van der Waals surface area contributed by atoms with E-state index in [2.05, 4.69) is 45.2 Å². The van der Waals surface area contributed by atoms with Crippen LogP contribution >= 0.6 is 0 Å². The van der Waals surface area contributed by atoms with E-state index in [1.54, 1.807) is 6.20 Å². The molecule has 1 aromatic carbocycles. The molecule has 4 rings (SSSR count).